The van der Waals surface area contributed by atoms with E-state index in [0.29, 0.717) is 25.6 Å². The van der Waals surface area contributed by atoms with E-state index in [1.165, 1.54) is 0 Å². The Hall–Kier alpha value is -3.00. The van der Waals surface area contributed by atoms with E-state index in [0.717, 1.165) is 41.3 Å². The maximum absolute atomic E-state index is 5.98. The molecule has 3 aromatic rings. The van der Waals surface area contributed by atoms with E-state index in [1.807, 2.05) is 61.5 Å². The van der Waals surface area contributed by atoms with E-state index in [4.69, 9.17) is 23.9 Å². The van der Waals surface area contributed by atoms with Crippen molar-refractivity contribution in [3.8, 4) is 17.1 Å². The second kappa shape index (κ2) is 9.01. The van der Waals surface area contributed by atoms with Crippen LogP contribution in [0.4, 0.5) is 5.82 Å². The summed E-state index contributed by atoms with van der Waals surface area (Å²) in [4.78, 5) is 11.7. The summed E-state index contributed by atoms with van der Waals surface area (Å²) in [5, 5.41) is 0. The quantitative estimate of drug-likeness (QED) is 0.599. The van der Waals surface area contributed by atoms with Crippen molar-refractivity contribution in [2.24, 2.45) is 0 Å². The number of aromatic nitrogens is 2. The Bertz CT molecular complexity index is 1020. The van der Waals surface area contributed by atoms with Gasteiger partial charge in [-0.05, 0) is 24.6 Å². The van der Waals surface area contributed by atoms with Crippen LogP contribution >= 0.6 is 0 Å². The number of rotatable bonds is 6. The van der Waals surface area contributed by atoms with Crippen LogP contribution in [0.3, 0.4) is 0 Å². The van der Waals surface area contributed by atoms with Gasteiger partial charge in [-0.2, -0.15) is 0 Å². The van der Waals surface area contributed by atoms with Crippen molar-refractivity contribution >= 4 is 5.82 Å². The zero-order valence-corrected chi connectivity index (χ0v) is 17.4. The number of nitrogens with zero attached hydrogens (tertiary/aromatic N) is 3. The molecule has 0 unspecified atom stereocenters. The highest BCUT2D eigenvalue weighted by atomic mass is 16.9. The van der Waals surface area contributed by atoms with Gasteiger partial charge >= 0.3 is 0 Å². The van der Waals surface area contributed by atoms with Gasteiger partial charge in [0.05, 0.1) is 18.8 Å². The number of hydrogen-bond acceptors (Lipinski definition) is 7. The molecule has 2 saturated heterocycles. The lowest BCUT2D eigenvalue weighted by atomic mass is 10.1. The fourth-order valence-corrected chi connectivity index (χ4v) is 3.69. The van der Waals surface area contributed by atoms with Crippen molar-refractivity contribution in [2.45, 2.75) is 26.1 Å². The van der Waals surface area contributed by atoms with Gasteiger partial charge in [-0.3, -0.25) is 0 Å². The van der Waals surface area contributed by atoms with Crippen molar-refractivity contribution in [1.82, 2.24) is 9.97 Å². The molecule has 0 spiro atoms. The van der Waals surface area contributed by atoms with Crippen molar-refractivity contribution in [2.75, 3.05) is 31.2 Å². The Morgan fingerprint density at radius 2 is 1.84 bits per heavy atom. The Balaban J connectivity index is 1.40. The Kier molecular flexibility index (Phi) is 5.80. The summed E-state index contributed by atoms with van der Waals surface area (Å²) >= 11 is 0. The van der Waals surface area contributed by atoms with E-state index >= 15 is 0 Å². The van der Waals surface area contributed by atoms with Gasteiger partial charge in [0, 0.05) is 24.8 Å². The van der Waals surface area contributed by atoms with E-state index in [9.17, 15) is 0 Å². The fourth-order valence-electron chi connectivity index (χ4n) is 3.69. The van der Waals surface area contributed by atoms with Crippen LogP contribution in [0.25, 0.3) is 11.4 Å². The monoisotopic (exact) mass is 419 g/mol. The smallest absolute Gasteiger partial charge is 0.194 e. The van der Waals surface area contributed by atoms with E-state index in [1.54, 1.807) is 6.20 Å². The van der Waals surface area contributed by atoms with Gasteiger partial charge in [-0.15, -0.1) is 0 Å². The summed E-state index contributed by atoms with van der Waals surface area (Å²) in [6.45, 7) is 5.27. The molecule has 7 heteroatoms. The summed E-state index contributed by atoms with van der Waals surface area (Å²) in [5.41, 5.74) is 2.87. The number of hydrogen-bond donors (Lipinski definition) is 0. The fraction of sp³-hybridized carbons (Fsp3) is 0.333. The molecule has 0 aliphatic carbocycles. The summed E-state index contributed by atoms with van der Waals surface area (Å²) in [7, 11) is 0. The average molecular weight is 419 g/mol. The first kappa shape index (κ1) is 19.9. The predicted molar refractivity (Wildman–Crippen MR) is 116 cm³/mol. The summed E-state index contributed by atoms with van der Waals surface area (Å²) in [6.07, 6.45) is 1.17. The summed E-state index contributed by atoms with van der Waals surface area (Å²) in [5.74, 6) is 2.25. The van der Waals surface area contributed by atoms with Crippen LogP contribution < -0.4 is 9.64 Å². The molecule has 2 fully saturated rings. The number of ether oxygens (including phenoxy) is 4. The molecule has 2 aliphatic rings. The van der Waals surface area contributed by atoms with Crippen LogP contribution in [0.5, 0.6) is 5.75 Å². The average Bonchev–Trinajstić information content (AvgIpc) is 2.82. The zero-order chi connectivity index (χ0) is 21.0. The van der Waals surface area contributed by atoms with Crippen LogP contribution in [0.15, 0.2) is 60.8 Å². The third kappa shape index (κ3) is 4.54. The Morgan fingerprint density at radius 1 is 1.03 bits per heavy atom. The maximum atomic E-state index is 5.98. The van der Waals surface area contributed by atoms with Gasteiger partial charge in [0.25, 0.3) is 0 Å². The van der Waals surface area contributed by atoms with Gasteiger partial charge in [-0.1, -0.05) is 42.5 Å². The molecule has 0 bridgehead atoms. The minimum atomic E-state index is -0.428. The molecule has 160 valence electrons. The third-order valence-corrected chi connectivity index (χ3v) is 5.33. The Morgan fingerprint density at radius 3 is 2.61 bits per heavy atom. The van der Waals surface area contributed by atoms with Crippen LogP contribution in [-0.2, 0) is 20.8 Å². The van der Waals surface area contributed by atoms with Crippen LogP contribution in [0.2, 0.25) is 0 Å². The lowest BCUT2D eigenvalue weighted by Gasteiger charge is -2.37. The molecule has 2 aliphatic heterocycles. The maximum Gasteiger partial charge on any atom is 0.194 e. The lowest BCUT2D eigenvalue weighted by Crippen LogP contribution is -2.39. The molecule has 3 heterocycles. The van der Waals surface area contributed by atoms with Gasteiger partial charge in [0.15, 0.2) is 18.4 Å². The minimum Gasteiger partial charge on any atom is -0.489 e. The highest BCUT2D eigenvalue weighted by molar-refractivity contribution is 5.61. The highest BCUT2D eigenvalue weighted by Crippen LogP contribution is 2.37. The number of anilines is 1. The molecule has 1 aromatic heterocycles. The third-order valence-electron chi connectivity index (χ3n) is 5.33. The Labute approximate surface area is 181 Å². The van der Waals surface area contributed by atoms with Gasteiger partial charge in [-0.25, -0.2) is 9.97 Å². The lowest BCUT2D eigenvalue weighted by molar-refractivity contribution is -0.382. The molecule has 0 N–H and O–H groups in total. The van der Waals surface area contributed by atoms with E-state index in [2.05, 4.69) is 9.88 Å². The molecule has 7 nitrogen and oxygen atoms in total. The second-order valence-electron chi connectivity index (χ2n) is 7.55. The molecule has 0 radical (unpaired) electrons. The first-order valence-corrected chi connectivity index (χ1v) is 10.5. The SMILES string of the molecule is CC1OC(c2cnc(-c3cccc(OCc4ccccc4)c3)nc2N2CCOCC2)O1. The van der Waals surface area contributed by atoms with Crippen LogP contribution in [0, 0.1) is 0 Å². The van der Waals surface area contributed by atoms with Crippen molar-refractivity contribution in [1.29, 1.82) is 0 Å². The first-order valence-electron chi connectivity index (χ1n) is 10.5. The topological polar surface area (TPSA) is 65.9 Å². The second-order valence-corrected chi connectivity index (χ2v) is 7.55. The largest absolute Gasteiger partial charge is 0.489 e. The zero-order valence-electron chi connectivity index (χ0n) is 17.4. The predicted octanol–water partition coefficient (Wildman–Crippen LogP) is 3.95. The van der Waals surface area contributed by atoms with Crippen LogP contribution in [-0.4, -0.2) is 42.6 Å². The van der Waals surface area contributed by atoms with Gasteiger partial charge in [0.2, 0.25) is 0 Å². The standard InChI is InChI=1S/C24H25N3O4/c1-17-30-24(31-17)21-15-25-22(26-23(21)27-10-12-28-13-11-27)19-8-5-9-20(14-19)29-16-18-6-3-2-4-7-18/h2-9,14-15,17,24H,10-13,16H2,1H3. The van der Waals surface area contributed by atoms with Gasteiger partial charge < -0.3 is 23.8 Å². The first-order chi connectivity index (χ1) is 15.3. The normalized spacial score (nSPS) is 20.9. The van der Waals surface area contributed by atoms with E-state index < -0.39 is 6.29 Å². The minimum absolute atomic E-state index is 0.208. The molecule has 0 atom stereocenters. The highest BCUT2D eigenvalue weighted by Gasteiger charge is 2.33. The molecule has 0 saturated carbocycles. The number of morpholine rings is 1. The van der Waals surface area contributed by atoms with E-state index in [-0.39, 0.29) is 6.29 Å². The molecule has 2 aromatic carbocycles. The molecular weight excluding hydrogens is 394 g/mol. The summed E-state index contributed by atoms with van der Waals surface area (Å²) in [6, 6.07) is 18.0. The van der Waals surface area contributed by atoms with Gasteiger partial charge in [0.1, 0.15) is 18.2 Å². The van der Waals surface area contributed by atoms with Crippen LogP contribution in [0.1, 0.15) is 24.3 Å². The molecule has 31 heavy (non-hydrogen) atoms. The molecule has 0 amide bonds. The number of benzene rings is 2. The van der Waals surface area contributed by atoms with Crippen molar-refractivity contribution < 1.29 is 18.9 Å². The summed E-state index contributed by atoms with van der Waals surface area (Å²) < 4.78 is 22.9. The van der Waals surface area contributed by atoms with Crippen molar-refractivity contribution in [3.05, 3.63) is 71.9 Å². The molecular formula is C24H25N3O4. The molecule has 5 rings (SSSR count). The van der Waals surface area contributed by atoms with Crippen molar-refractivity contribution in [3.63, 3.8) is 0 Å².